The maximum Gasteiger partial charge on any atom is 0.0572 e. The minimum atomic E-state index is -0.143. The minimum absolute atomic E-state index is 0.143. The first-order valence-electron chi connectivity index (χ1n) is 7.60. The summed E-state index contributed by atoms with van der Waals surface area (Å²) in [5, 5.41) is 10.3. The molecule has 0 spiro atoms. The summed E-state index contributed by atoms with van der Waals surface area (Å²) >= 11 is 0. The van der Waals surface area contributed by atoms with E-state index >= 15 is 0 Å². The summed E-state index contributed by atoms with van der Waals surface area (Å²) in [6.07, 6.45) is 3.98. The fourth-order valence-corrected chi connectivity index (χ4v) is 3.41. The van der Waals surface area contributed by atoms with Crippen LogP contribution in [0.1, 0.15) is 36.3 Å². The van der Waals surface area contributed by atoms with Crippen LogP contribution in [0.15, 0.2) is 60.7 Å². The van der Waals surface area contributed by atoms with Crippen molar-refractivity contribution in [2.24, 2.45) is 5.92 Å². The molecular weight excluding hydrogens is 244 g/mol. The summed E-state index contributed by atoms with van der Waals surface area (Å²) in [6, 6.07) is 21.3. The van der Waals surface area contributed by atoms with Gasteiger partial charge in [-0.1, -0.05) is 60.7 Å². The van der Waals surface area contributed by atoms with Crippen LogP contribution >= 0.6 is 0 Å². The highest BCUT2D eigenvalue weighted by molar-refractivity contribution is 5.21. The standard InChI is InChI=1S/C19H22O/c20-19-12-11-17(16-9-5-2-6-10-16)14-18(19)13-15-7-3-1-4-8-15/h1-10,17-20H,11-14H2. The zero-order valence-electron chi connectivity index (χ0n) is 11.8. The second kappa shape index (κ2) is 6.23. The van der Waals surface area contributed by atoms with Gasteiger partial charge in [-0.3, -0.25) is 0 Å². The number of hydrogen-bond acceptors (Lipinski definition) is 1. The highest BCUT2D eigenvalue weighted by Gasteiger charge is 2.29. The fraction of sp³-hybridized carbons (Fsp3) is 0.368. The lowest BCUT2D eigenvalue weighted by Crippen LogP contribution is -2.29. The van der Waals surface area contributed by atoms with Crippen LogP contribution in [0.5, 0.6) is 0 Å². The minimum Gasteiger partial charge on any atom is -0.393 e. The molecule has 3 atom stereocenters. The summed E-state index contributed by atoms with van der Waals surface area (Å²) in [5.74, 6) is 0.990. The molecular formula is C19H22O. The Labute approximate surface area is 121 Å². The van der Waals surface area contributed by atoms with Crippen LogP contribution in [-0.2, 0) is 6.42 Å². The Morgan fingerprint density at radius 2 is 1.50 bits per heavy atom. The monoisotopic (exact) mass is 266 g/mol. The summed E-state index contributed by atoms with van der Waals surface area (Å²) in [6.45, 7) is 0. The van der Waals surface area contributed by atoms with Gasteiger partial charge in [-0.25, -0.2) is 0 Å². The number of hydrogen-bond donors (Lipinski definition) is 1. The van der Waals surface area contributed by atoms with Gasteiger partial charge < -0.3 is 5.11 Å². The number of aliphatic hydroxyl groups excluding tert-OH is 1. The van der Waals surface area contributed by atoms with Crippen LogP contribution in [0, 0.1) is 5.92 Å². The molecule has 1 aliphatic rings. The van der Waals surface area contributed by atoms with Crippen molar-refractivity contribution in [3.8, 4) is 0 Å². The topological polar surface area (TPSA) is 20.2 Å². The van der Waals surface area contributed by atoms with E-state index in [4.69, 9.17) is 0 Å². The molecule has 1 heteroatoms. The molecule has 0 heterocycles. The highest BCUT2D eigenvalue weighted by atomic mass is 16.3. The van der Waals surface area contributed by atoms with E-state index in [0.717, 1.165) is 25.7 Å². The zero-order chi connectivity index (χ0) is 13.8. The molecule has 0 amide bonds. The molecule has 0 saturated heterocycles. The van der Waals surface area contributed by atoms with Crippen molar-refractivity contribution in [1.29, 1.82) is 0 Å². The number of aliphatic hydroxyl groups is 1. The fourth-order valence-electron chi connectivity index (χ4n) is 3.41. The Bertz CT molecular complexity index is 520. The second-order valence-electron chi connectivity index (χ2n) is 5.94. The van der Waals surface area contributed by atoms with E-state index in [9.17, 15) is 5.11 Å². The number of rotatable bonds is 3. The molecule has 0 radical (unpaired) electrons. The van der Waals surface area contributed by atoms with E-state index in [1.807, 2.05) is 6.07 Å². The SMILES string of the molecule is OC1CCC(c2ccccc2)CC1Cc1ccccc1. The maximum atomic E-state index is 10.3. The van der Waals surface area contributed by atoms with Gasteiger partial charge in [-0.2, -0.15) is 0 Å². The molecule has 1 saturated carbocycles. The first-order chi connectivity index (χ1) is 9.83. The molecule has 0 aromatic heterocycles. The van der Waals surface area contributed by atoms with Crippen molar-refractivity contribution in [1.82, 2.24) is 0 Å². The summed E-state index contributed by atoms with van der Waals surface area (Å²) in [5.41, 5.74) is 2.77. The van der Waals surface area contributed by atoms with Crippen LogP contribution in [0.4, 0.5) is 0 Å². The Morgan fingerprint density at radius 1 is 0.850 bits per heavy atom. The molecule has 1 aliphatic carbocycles. The van der Waals surface area contributed by atoms with Crippen LogP contribution in [0.2, 0.25) is 0 Å². The van der Waals surface area contributed by atoms with Crippen molar-refractivity contribution in [2.75, 3.05) is 0 Å². The molecule has 1 fully saturated rings. The largest absolute Gasteiger partial charge is 0.393 e. The summed E-state index contributed by atoms with van der Waals surface area (Å²) in [4.78, 5) is 0. The Hall–Kier alpha value is -1.60. The smallest absolute Gasteiger partial charge is 0.0572 e. The van der Waals surface area contributed by atoms with E-state index in [-0.39, 0.29) is 6.10 Å². The van der Waals surface area contributed by atoms with E-state index in [1.54, 1.807) is 0 Å². The predicted molar refractivity (Wildman–Crippen MR) is 82.7 cm³/mol. The molecule has 104 valence electrons. The molecule has 3 unspecified atom stereocenters. The normalized spacial score (nSPS) is 26.4. The number of benzene rings is 2. The molecule has 20 heavy (non-hydrogen) atoms. The average molecular weight is 266 g/mol. The lowest BCUT2D eigenvalue weighted by molar-refractivity contribution is 0.0620. The van der Waals surface area contributed by atoms with Crippen LogP contribution in [-0.4, -0.2) is 11.2 Å². The molecule has 2 aromatic carbocycles. The second-order valence-corrected chi connectivity index (χ2v) is 5.94. The molecule has 0 bridgehead atoms. The Morgan fingerprint density at radius 3 is 2.20 bits per heavy atom. The van der Waals surface area contributed by atoms with Crippen molar-refractivity contribution in [2.45, 2.75) is 37.7 Å². The third-order valence-electron chi connectivity index (χ3n) is 4.55. The van der Waals surface area contributed by atoms with E-state index in [2.05, 4.69) is 54.6 Å². The van der Waals surface area contributed by atoms with Gasteiger partial charge in [0, 0.05) is 0 Å². The summed E-state index contributed by atoms with van der Waals surface area (Å²) in [7, 11) is 0. The predicted octanol–water partition coefficient (Wildman–Crippen LogP) is 4.17. The van der Waals surface area contributed by atoms with Gasteiger partial charge in [0.05, 0.1) is 6.10 Å². The molecule has 1 nitrogen and oxygen atoms in total. The van der Waals surface area contributed by atoms with Crippen molar-refractivity contribution < 1.29 is 5.11 Å². The molecule has 2 aromatic rings. The van der Waals surface area contributed by atoms with Gasteiger partial charge in [0.1, 0.15) is 0 Å². The van der Waals surface area contributed by atoms with E-state index in [1.165, 1.54) is 11.1 Å². The average Bonchev–Trinajstić information content (AvgIpc) is 2.51. The quantitative estimate of drug-likeness (QED) is 0.884. The molecule has 1 N–H and O–H groups in total. The first-order valence-corrected chi connectivity index (χ1v) is 7.60. The van der Waals surface area contributed by atoms with E-state index < -0.39 is 0 Å². The summed E-state index contributed by atoms with van der Waals surface area (Å²) < 4.78 is 0. The Balaban J connectivity index is 1.71. The van der Waals surface area contributed by atoms with Crippen molar-refractivity contribution in [3.05, 3.63) is 71.8 Å². The lowest BCUT2D eigenvalue weighted by Gasteiger charge is -2.33. The van der Waals surface area contributed by atoms with Crippen LogP contribution in [0.3, 0.4) is 0 Å². The highest BCUT2D eigenvalue weighted by Crippen LogP contribution is 2.37. The van der Waals surface area contributed by atoms with Gasteiger partial charge >= 0.3 is 0 Å². The maximum absolute atomic E-state index is 10.3. The van der Waals surface area contributed by atoms with Gasteiger partial charge in [-0.15, -0.1) is 0 Å². The lowest BCUT2D eigenvalue weighted by atomic mass is 9.74. The van der Waals surface area contributed by atoms with Crippen LogP contribution < -0.4 is 0 Å². The van der Waals surface area contributed by atoms with Crippen molar-refractivity contribution >= 4 is 0 Å². The van der Waals surface area contributed by atoms with Crippen LogP contribution in [0.25, 0.3) is 0 Å². The van der Waals surface area contributed by atoms with E-state index in [0.29, 0.717) is 11.8 Å². The van der Waals surface area contributed by atoms with Gasteiger partial charge in [0.25, 0.3) is 0 Å². The van der Waals surface area contributed by atoms with Crippen molar-refractivity contribution in [3.63, 3.8) is 0 Å². The first kappa shape index (κ1) is 13.4. The van der Waals surface area contributed by atoms with Gasteiger partial charge in [0.2, 0.25) is 0 Å². The third-order valence-corrected chi connectivity index (χ3v) is 4.55. The zero-order valence-corrected chi connectivity index (χ0v) is 11.8. The third kappa shape index (κ3) is 3.10. The molecule has 0 aliphatic heterocycles. The Kier molecular flexibility index (Phi) is 4.17. The molecule has 3 rings (SSSR count). The van der Waals surface area contributed by atoms with Gasteiger partial charge in [-0.05, 0) is 48.6 Å². The van der Waals surface area contributed by atoms with Gasteiger partial charge in [0.15, 0.2) is 0 Å².